The molecule has 2 aliphatic rings. The van der Waals surface area contributed by atoms with E-state index in [1.165, 1.54) is 11.6 Å². The lowest BCUT2D eigenvalue weighted by Gasteiger charge is -2.34. The maximum absolute atomic E-state index is 14.0. The number of fused-ring (bicyclic) bond motifs is 2. The number of alkyl halides is 3. The Bertz CT molecular complexity index is 1480. The SMILES string of the molecule is O=C(Cc1cc2nc(-c3ccc4c(c3)OCO4)cc(C(F)(F)F)n2n1)N1CCN(Cc2ccccc2)CC1. The Labute approximate surface area is 216 Å². The van der Waals surface area contributed by atoms with Crippen molar-refractivity contribution in [3.8, 4) is 22.8 Å². The van der Waals surface area contributed by atoms with E-state index >= 15 is 0 Å². The topological polar surface area (TPSA) is 72.2 Å². The molecule has 1 fully saturated rings. The summed E-state index contributed by atoms with van der Waals surface area (Å²) in [7, 11) is 0. The summed E-state index contributed by atoms with van der Waals surface area (Å²) in [4.78, 5) is 21.4. The molecule has 4 aromatic rings. The van der Waals surface area contributed by atoms with Crippen molar-refractivity contribution in [1.29, 1.82) is 0 Å². The number of carbonyl (C=O) groups excluding carboxylic acids is 1. The first-order valence-electron chi connectivity index (χ1n) is 12.2. The van der Waals surface area contributed by atoms with Gasteiger partial charge >= 0.3 is 6.18 Å². The molecule has 0 aliphatic carbocycles. The van der Waals surface area contributed by atoms with Crippen LogP contribution in [0.1, 0.15) is 17.0 Å². The average Bonchev–Trinajstić information content (AvgIpc) is 3.54. The fourth-order valence-corrected chi connectivity index (χ4v) is 4.78. The molecule has 6 rings (SSSR count). The number of carbonyl (C=O) groups is 1. The van der Waals surface area contributed by atoms with Crippen LogP contribution in [0.15, 0.2) is 60.7 Å². The molecule has 2 aromatic heterocycles. The second kappa shape index (κ2) is 9.64. The van der Waals surface area contributed by atoms with Crippen molar-refractivity contribution in [2.75, 3.05) is 33.0 Å². The van der Waals surface area contributed by atoms with Crippen LogP contribution in [-0.4, -0.2) is 63.3 Å². The van der Waals surface area contributed by atoms with Gasteiger partial charge in [-0.15, -0.1) is 0 Å². The van der Waals surface area contributed by atoms with Gasteiger partial charge in [-0.2, -0.15) is 18.3 Å². The first kappa shape index (κ1) is 24.2. The quantitative estimate of drug-likeness (QED) is 0.394. The molecule has 0 spiro atoms. The number of halogens is 3. The summed E-state index contributed by atoms with van der Waals surface area (Å²) < 4.78 is 53.3. The Hall–Kier alpha value is -4.12. The molecular formula is C27H24F3N5O3. The van der Waals surface area contributed by atoms with E-state index in [1.54, 1.807) is 23.1 Å². The summed E-state index contributed by atoms with van der Waals surface area (Å²) in [6.07, 6.45) is -4.77. The van der Waals surface area contributed by atoms with Crippen LogP contribution in [0.4, 0.5) is 13.2 Å². The number of hydrogen-bond acceptors (Lipinski definition) is 6. The summed E-state index contributed by atoms with van der Waals surface area (Å²) in [5.41, 5.74) is 1.07. The lowest BCUT2D eigenvalue weighted by Crippen LogP contribution is -2.48. The number of hydrogen-bond donors (Lipinski definition) is 0. The third kappa shape index (κ3) is 4.89. The third-order valence-electron chi connectivity index (χ3n) is 6.74. The predicted molar refractivity (Wildman–Crippen MR) is 132 cm³/mol. The van der Waals surface area contributed by atoms with Crippen molar-refractivity contribution < 1.29 is 27.4 Å². The molecule has 0 radical (unpaired) electrons. The summed E-state index contributed by atoms with van der Waals surface area (Å²) in [6.45, 7) is 3.43. The van der Waals surface area contributed by atoms with Gasteiger partial charge in [-0.05, 0) is 29.8 Å². The maximum atomic E-state index is 14.0. The lowest BCUT2D eigenvalue weighted by atomic mass is 10.1. The smallest absolute Gasteiger partial charge is 0.433 e. The van der Waals surface area contributed by atoms with Gasteiger partial charge < -0.3 is 14.4 Å². The van der Waals surface area contributed by atoms with Crippen molar-refractivity contribution >= 4 is 11.6 Å². The minimum atomic E-state index is -4.67. The van der Waals surface area contributed by atoms with Gasteiger partial charge in [0.15, 0.2) is 22.8 Å². The Morgan fingerprint density at radius 2 is 1.68 bits per heavy atom. The molecule has 0 saturated carbocycles. The lowest BCUT2D eigenvalue weighted by molar-refractivity contribution is -0.142. The van der Waals surface area contributed by atoms with Crippen molar-refractivity contribution in [3.05, 3.63) is 77.6 Å². The van der Waals surface area contributed by atoms with E-state index in [2.05, 4.69) is 27.1 Å². The van der Waals surface area contributed by atoms with E-state index < -0.39 is 11.9 Å². The highest BCUT2D eigenvalue weighted by atomic mass is 19.4. The molecule has 0 unspecified atom stereocenters. The normalized spacial score (nSPS) is 15.8. The third-order valence-corrected chi connectivity index (χ3v) is 6.74. The van der Waals surface area contributed by atoms with Gasteiger partial charge in [0.2, 0.25) is 12.7 Å². The molecule has 0 atom stereocenters. The number of ether oxygens (including phenoxy) is 2. The zero-order valence-electron chi connectivity index (χ0n) is 20.3. The van der Waals surface area contributed by atoms with E-state index in [9.17, 15) is 18.0 Å². The number of rotatable bonds is 5. The van der Waals surface area contributed by atoms with Crippen LogP contribution in [0, 0.1) is 0 Å². The largest absolute Gasteiger partial charge is 0.454 e. The van der Waals surface area contributed by atoms with Crippen LogP contribution >= 0.6 is 0 Å². The van der Waals surface area contributed by atoms with Crippen LogP contribution in [0.3, 0.4) is 0 Å². The van der Waals surface area contributed by atoms with Gasteiger partial charge in [0.05, 0.1) is 17.8 Å². The Morgan fingerprint density at radius 3 is 2.45 bits per heavy atom. The van der Waals surface area contributed by atoms with E-state index in [1.807, 2.05) is 18.2 Å². The predicted octanol–water partition coefficient (Wildman–Crippen LogP) is 4.03. The van der Waals surface area contributed by atoms with E-state index in [-0.39, 0.29) is 36.2 Å². The average molecular weight is 524 g/mol. The second-order valence-electron chi connectivity index (χ2n) is 9.32. The van der Waals surface area contributed by atoms with Crippen molar-refractivity contribution in [3.63, 3.8) is 0 Å². The maximum Gasteiger partial charge on any atom is 0.433 e. The fraction of sp³-hybridized carbons (Fsp3) is 0.296. The Kier molecular flexibility index (Phi) is 6.15. The molecule has 1 saturated heterocycles. The standard InChI is InChI=1S/C27H24F3N5O3/c28-27(29,30)24-15-21(19-6-7-22-23(12-19)38-17-37-22)31-25-13-20(32-35(24)25)14-26(36)34-10-8-33(9-11-34)16-18-4-2-1-3-5-18/h1-7,12-13,15H,8-11,14,16-17H2. The molecule has 11 heteroatoms. The van der Waals surface area contributed by atoms with Crippen LogP contribution in [0.2, 0.25) is 0 Å². The van der Waals surface area contributed by atoms with Crippen molar-refractivity contribution in [2.45, 2.75) is 19.1 Å². The zero-order chi connectivity index (χ0) is 26.3. The zero-order valence-corrected chi connectivity index (χ0v) is 20.3. The van der Waals surface area contributed by atoms with Crippen LogP contribution in [0.25, 0.3) is 16.9 Å². The molecule has 38 heavy (non-hydrogen) atoms. The molecule has 2 aromatic carbocycles. The van der Waals surface area contributed by atoms with E-state index in [4.69, 9.17) is 9.47 Å². The van der Waals surface area contributed by atoms with Gasteiger partial charge in [-0.25, -0.2) is 9.50 Å². The highest BCUT2D eigenvalue weighted by Gasteiger charge is 2.36. The van der Waals surface area contributed by atoms with Gasteiger partial charge in [0.25, 0.3) is 0 Å². The Balaban J connectivity index is 1.20. The number of benzene rings is 2. The number of piperazine rings is 1. The second-order valence-corrected chi connectivity index (χ2v) is 9.32. The number of nitrogens with zero attached hydrogens (tertiary/aromatic N) is 5. The Morgan fingerprint density at radius 1 is 0.921 bits per heavy atom. The molecule has 196 valence electrons. The molecular weight excluding hydrogens is 499 g/mol. The first-order chi connectivity index (χ1) is 18.3. The van der Waals surface area contributed by atoms with E-state index in [0.29, 0.717) is 30.2 Å². The van der Waals surface area contributed by atoms with Gasteiger partial charge in [-0.3, -0.25) is 9.69 Å². The van der Waals surface area contributed by atoms with E-state index in [0.717, 1.165) is 30.2 Å². The van der Waals surface area contributed by atoms with Crippen molar-refractivity contribution in [2.24, 2.45) is 0 Å². The molecule has 1 amide bonds. The number of aromatic nitrogens is 3. The summed E-state index contributed by atoms with van der Waals surface area (Å²) in [5, 5.41) is 4.11. The van der Waals surface area contributed by atoms with Crippen molar-refractivity contribution in [1.82, 2.24) is 24.4 Å². The molecule has 0 N–H and O–H groups in total. The first-order valence-corrected chi connectivity index (χ1v) is 12.2. The van der Waals surface area contributed by atoms with Crippen LogP contribution < -0.4 is 9.47 Å². The molecule has 8 nitrogen and oxygen atoms in total. The number of amides is 1. The minimum Gasteiger partial charge on any atom is -0.454 e. The molecule has 2 aliphatic heterocycles. The minimum absolute atomic E-state index is 0.0166. The molecule has 4 heterocycles. The monoisotopic (exact) mass is 523 g/mol. The fourth-order valence-electron chi connectivity index (χ4n) is 4.78. The van der Waals surface area contributed by atoms with Gasteiger partial charge in [0, 0.05) is 44.4 Å². The highest BCUT2D eigenvalue weighted by Crippen LogP contribution is 2.37. The highest BCUT2D eigenvalue weighted by molar-refractivity contribution is 5.79. The van der Waals surface area contributed by atoms with Crippen LogP contribution in [0.5, 0.6) is 11.5 Å². The van der Waals surface area contributed by atoms with Gasteiger partial charge in [0.1, 0.15) is 0 Å². The van der Waals surface area contributed by atoms with Crippen LogP contribution in [-0.2, 0) is 23.9 Å². The molecule has 0 bridgehead atoms. The van der Waals surface area contributed by atoms with Gasteiger partial charge in [-0.1, -0.05) is 30.3 Å². The summed E-state index contributed by atoms with van der Waals surface area (Å²) in [6, 6.07) is 17.4. The summed E-state index contributed by atoms with van der Waals surface area (Å²) >= 11 is 0. The summed E-state index contributed by atoms with van der Waals surface area (Å²) in [5.74, 6) is 0.802.